The Kier molecular flexibility index (Phi) is 7.26. The molecule has 3 rings (SSSR count). The third kappa shape index (κ3) is 6.04. The molecule has 1 N–H and O–H groups in total. The number of hydrogen-bond donors (Lipinski definition) is 1. The van der Waals surface area contributed by atoms with Crippen LogP contribution in [0.2, 0.25) is 5.02 Å². The quantitative estimate of drug-likeness (QED) is 0.722. The van der Waals surface area contributed by atoms with Crippen LogP contribution in [0.1, 0.15) is 43.7 Å². The van der Waals surface area contributed by atoms with Gasteiger partial charge in [-0.3, -0.25) is 9.59 Å². The molecule has 4 nitrogen and oxygen atoms in total. The lowest BCUT2D eigenvalue weighted by Crippen LogP contribution is -2.50. The van der Waals surface area contributed by atoms with Gasteiger partial charge >= 0.3 is 0 Å². The third-order valence-corrected chi connectivity index (χ3v) is 5.61. The number of amides is 2. The zero-order chi connectivity index (χ0) is 20.8. The SMILES string of the molecule is C[C@@H](C(=O)NC1CCCC1)N(Cc1ccc(F)cc1)C(=O)Cc1cccc(Cl)c1. The largest absolute Gasteiger partial charge is 0.352 e. The van der Waals surface area contributed by atoms with Gasteiger partial charge in [0.2, 0.25) is 11.8 Å². The highest BCUT2D eigenvalue weighted by atomic mass is 35.5. The van der Waals surface area contributed by atoms with E-state index in [1.165, 1.54) is 12.1 Å². The van der Waals surface area contributed by atoms with Crippen molar-refractivity contribution < 1.29 is 14.0 Å². The molecular weight excluding hydrogens is 391 g/mol. The zero-order valence-electron chi connectivity index (χ0n) is 16.5. The van der Waals surface area contributed by atoms with Crippen molar-refractivity contribution in [3.8, 4) is 0 Å². The average Bonchev–Trinajstić information content (AvgIpc) is 3.20. The smallest absolute Gasteiger partial charge is 0.242 e. The molecule has 29 heavy (non-hydrogen) atoms. The fraction of sp³-hybridized carbons (Fsp3) is 0.391. The molecule has 154 valence electrons. The minimum absolute atomic E-state index is 0.142. The van der Waals surface area contributed by atoms with Crippen LogP contribution >= 0.6 is 11.6 Å². The van der Waals surface area contributed by atoms with Crippen LogP contribution < -0.4 is 5.32 Å². The number of benzene rings is 2. The number of halogens is 2. The van der Waals surface area contributed by atoms with E-state index in [9.17, 15) is 14.0 Å². The highest BCUT2D eigenvalue weighted by Gasteiger charge is 2.28. The topological polar surface area (TPSA) is 49.4 Å². The van der Waals surface area contributed by atoms with Crippen LogP contribution in [0.15, 0.2) is 48.5 Å². The summed E-state index contributed by atoms with van der Waals surface area (Å²) in [6.45, 7) is 1.97. The minimum atomic E-state index is -0.632. The molecule has 2 amide bonds. The van der Waals surface area contributed by atoms with Crippen molar-refractivity contribution >= 4 is 23.4 Å². The van der Waals surface area contributed by atoms with Gasteiger partial charge in [0.05, 0.1) is 6.42 Å². The Morgan fingerprint density at radius 1 is 1.14 bits per heavy atom. The molecule has 0 saturated heterocycles. The lowest BCUT2D eigenvalue weighted by Gasteiger charge is -2.30. The summed E-state index contributed by atoms with van der Waals surface area (Å²) in [5.74, 6) is -0.665. The van der Waals surface area contributed by atoms with Gasteiger partial charge in [-0.05, 0) is 55.2 Å². The Labute approximate surface area is 176 Å². The maximum Gasteiger partial charge on any atom is 0.242 e. The van der Waals surface area contributed by atoms with Crippen LogP contribution in [-0.2, 0) is 22.6 Å². The predicted molar refractivity (Wildman–Crippen MR) is 112 cm³/mol. The maximum absolute atomic E-state index is 13.3. The summed E-state index contributed by atoms with van der Waals surface area (Å²) in [6, 6.07) is 12.7. The van der Waals surface area contributed by atoms with E-state index in [2.05, 4.69) is 5.32 Å². The summed E-state index contributed by atoms with van der Waals surface area (Å²) in [4.78, 5) is 27.5. The van der Waals surface area contributed by atoms with Gasteiger partial charge in [0.25, 0.3) is 0 Å². The highest BCUT2D eigenvalue weighted by molar-refractivity contribution is 6.30. The molecule has 0 aliphatic heterocycles. The van der Waals surface area contributed by atoms with E-state index < -0.39 is 6.04 Å². The summed E-state index contributed by atoms with van der Waals surface area (Å²) in [5, 5.41) is 3.63. The first kappa shape index (κ1) is 21.3. The molecule has 0 heterocycles. The van der Waals surface area contributed by atoms with Gasteiger partial charge in [0.1, 0.15) is 11.9 Å². The molecule has 2 aromatic carbocycles. The molecule has 1 aliphatic carbocycles. The van der Waals surface area contributed by atoms with Crippen molar-refractivity contribution in [2.45, 2.75) is 57.7 Å². The molecule has 0 spiro atoms. The Hall–Kier alpha value is -2.40. The Bertz CT molecular complexity index is 850. The summed E-state index contributed by atoms with van der Waals surface area (Å²) in [5.41, 5.74) is 1.56. The van der Waals surface area contributed by atoms with Crippen molar-refractivity contribution in [1.29, 1.82) is 0 Å². The van der Waals surface area contributed by atoms with Crippen LogP contribution in [0.3, 0.4) is 0 Å². The number of rotatable bonds is 7. The molecule has 1 fully saturated rings. The number of carbonyl (C=O) groups is 2. The van der Waals surface area contributed by atoms with E-state index in [-0.39, 0.29) is 36.6 Å². The molecule has 1 atom stereocenters. The van der Waals surface area contributed by atoms with Crippen molar-refractivity contribution in [3.05, 3.63) is 70.5 Å². The zero-order valence-corrected chi connectivity index (χ0v) is 17.3. The van der Waals surface area contributed by atoms with Gasteiger partial charge in [-0.2, -0.15) is 0 Å². The fourth-order valence-corrected chi connectivity index (χ4v) is 3.90. The minimum Gasteiger partial charge on any atom is -0.352 e. The normalized spacial score (nSPS) is 15.1. The number of hydrogen-bond acceptors (Lipinski definition) is 2. The summed E-state index contributed by atoms with van der Waals surface area (Å²) in [7, 11) is 0. The molecule has 0 radical (unpaired) electrons. The number of nitrogens with one attached hydrogen (secondary N) is 1. The van der Waals surface area contributed by atoms with Gasteiger partial charge in [-0.25, -0.2) is 4.39 Å². The Morgan fingerprint density at radius 2 is 1.83 bits per heavy atom. The Morgan fingerprint density at radius 3 is 2.48 bits per heavy atom. The van der Waals surface area contributed by atoms with Crippen molar-refractivity contribution in [2.75, 3.05) is 0 Å². The predicted octanol–water partition coefficient (Wildman–Crippen LogP) is 4.50. The molecule has 0 aromatic heterocycles. The summed E-state index contributed by atoms with van der Waals surface area (Å²) in [6.07, 6.45) is 4.33. The van der Waals surface area contributed by atoms with Crippen LogP contribution in [0.5, 0.6) is 0 Å². The monoisotopic (exact) mass is 416 g/mol. The number of carbonyl (C=O) groups excluding carboxylic acids is 2. The molecule has 2 aromatic rings. The number of nitrogens with zero attached hydrogens (tertiary/aromatic N) is 1. The van der Waals surface area contributed by atoms with Crippen LogP contribution in [-0.4, -0.2) is 28.8 Å². The molecule has 0 unspecified atom stereocenters. The molecular formula is C23H26ClFN2O2. The van der Waals surface area contributed by atoms with Crippen LogP contribution in [0.25, 0.3) is 0 Å². The second-order valence-electron chi connectivity index (χ2n) is 7.62. The van der Waals surface area contributed by atoms with Crippen LogP contribution in [0.4, 0.5) is 4.39 Å². The van der Waals surface area contributed by atoms with E-state index in [0.29, 0.717) is 5.02 Å². The van der Waals surface area contributed by atoms with E-state index >= 15 is 0 Å². The first-order valence-electron chi connectivity index (χ1n) is 10.0. The average molecular weight is 417 g/mol. The van der Waals surface area contributed by atoms with Gasteiger partial charge < -0.3 is 10.2 Å². The second-order valence-corrected chi connectivity index (χ2v) is 8.06. The summed E-state index contributed by atoms with van der Waals surface area (Å²) < 4.78 is 13.3. The second kappa shape index (κ2) is 9.88. The fourth-order valence-electron chi connectivity index (χ4n) is 3.68. The lowest BCUT2D eigenvalue weighted by atomic mass is 10.1. The third-order valence-electron chi connectivity index (χ3n) is 5.38. The summed E-state index contributed by atoms with van der Waals surface area (Å²) >= 11 is 6.04. The van der Waals surface area contributed by atoms with E-state index in [1.807, 2.05) is 6.07 Å². The van der Waals surface area contributed by atoms with E-state index in [0.717, 1.165) is 36.8 Å². The van der Waals surface area contributed by atoms with E-state index in [4.69, 9.17) is 11.6 Å². The highest BCUT2D eigenvalue weighted by Crippen LogP contribution is 2.19. The standard InChI is InChI=1S/C23H26ClFN2O2/c1-16(23(29)26-21-7-2-3-8-21)27(15-17-9-11-20(25)12-10-17)22(28)14-18-5-4-6-19(24)13-18/h4-6,9-13,16,21H,2-3,7-8,14-15H2,1H3,(H,26,29)/t16-/m0/s1. The van der Waals surface area contributed by atoms with E-state index in [1.54, 1.807) is 42.2 Å². The Balaban J connectivity index is 1.76. The van der Waals surface area contributed by atoms with Gasteiger partial charge in [-0.15, -0.1) is 0 Å². The molecule has 0 bridgehead atoms. The van der Waals surface area contributed by atoms with Gasteiger partial charge in [-0.1, -0.05) is 48.7 Å². The van der Waals surface area contributed by atoms with Crippen molar-refractivity contribution in [1.82, 2.24) is 10.2 Å². The molecule has 1 saturated carbocycles. The molecule has 6 heteroatoms. The lowest BCUT2D eigenvalue weighted by molar-refractivity contribution is -0.140. The van der Waals surface area contributed by atoms with Crippen LogP contribution in [0, 0.1) is 5.82 Å². The van der Waals surface area contributed by atoms with Crippen molar-refractivity contribution in [3.63, 3.8) is 0 Å². The van der Waals surface area contributed by atoms with Gasteiger partial charge in [0, 0.05) is 17.6 Å². The first-order chi connectivity index (χ1) is 13.9. The van der Waals surface area contributed by atoms with Crippen molar-refractivity contribution in [2.24, 2.45) is 0 Å². The molecule has 1 aliphatic rings. The first-order valence-corrected chi connectivity index (χ1v) is 10.4. The van der Waals surface area contributed by atoms with Gasteiger partial charge in [0.15, 0.2) is 0 Å². The maximum atomic E-state index is 13.3.